The van der Waals surface area contributed by atoms with Crippen molar-refractivity contribution in [2.45, 2.75) is 32.0 Å². The van der Waals surface area contributed by atoms with Gasteiger partial charge in [-0.05, 0) is 12.8 Å². The Bertz CT molecular complexity index is 257. The molecule has 0 saturated heterocycles. The fourth-order valence-corrected chi connectivity index (χ4v) is 1.69. The molecule has 1 aromatic rings. The number of rotatable bonds is 4. The lowest BCUT2D eigenvalue weighted by Crippen LogP contribution is -2.15. The molecule has 0 aliphatic heterocycles. The Balaban J connectivity index is 1.84. The lowest BCUT2D eigenvalue weighted by molar-refractivity contribution is 0.281. The zero-order valence-corrected chi connectivity index (χ0v) is 7.60. The molecule has 0 aromatic carbocycles. The van der Waals surface area contributed by atoms with Gasteiger partial charge < -0.3 is 10.4 Å². The van der Waals surface area contributed by atoms with Crippen LogP contribution in [0.25, 0.3) is 0 Å². The zero-order chi connectivity index (χ0) is 8.39. The van der Waals surface area contributed by atoms with Crippen molar-refractivity contribution in [1.29, 1.82) is 0 Å². The van der Waals surface area contributed by atoms with Gasteiger partial charge >= 0.3 is 0 Å². The van der Waals surface area contributed by atoms with Crippen LogP contribution in [0.15, 0.2) is 5.38 Å². The van der Waals surface area contributed by atoms with Gasteiger partial charge in [0.1, 0.15) is 5.01 Å². The summed E-state index contributed by atoms with van der Waals surface area (Å²) >= 11 is 1.52. The van der Waals surface area contributed by atoms with Crippen LogP contribution in [0.4, 0.5) is 0 Å². The molecule has 1 aliphatic rings. The van der Waals surface area contributed by atoms with Crippen LogP contribution in [0, 0.1) is 0 Å². The average molecular weight is 184 g/mol. The highest BCUT2D eigenvalue weighted by Gasteiger charge is 2.20. The van der Waals surface area contributed by atoms with Crippen LogP contribution in [0.1, 0.15) is 23.5 Å². The van der Waals surface area contributed by atoms with E-state index >= 15 is 0 Å². The Kier molecular flexibility index (Phi) is 2.39. The maximum Gasteiger partial charge on any atom is 0.118 e. The SMILES string of the molecule is OCc1nc(CNC2CC2)cs1. The third-order valence-corrected chi connectivity index (χ3v) is 2.77. The topological polar surface area (TPSA) is 45.2 Å². The molecule has 2 rings (SSSR count). The van der Waals surface area contributed by atoms with Crippen LogP contribution in [0.3, 0.4) is 0 Å². The summed E-state index contributed by atoms with van der Waals surface area (Å²) < 4.78 is 0. The minimum Gasteiger partial charge on any atom is -0.389 e. The first-order valence-corrected chi connectivity index (χ1v) is 5.04. The van der Waals surface area contributed by atoms with Gasteiger partial charge in [0.05, 0.1) is 12.3 Å². The molecule has 1 fully saturated rings. The van der Waals surface area contributed by atoms with E-state index in [2.05, 4.69) is 10.3 Å². The number of nitrogens with zero attached hydrogens (tertiary/aromatic N) is 1. The standard InChI is InChI=1S/C8H12N2OS/c11-4-8-10-7(5-12-8)3-9-6-1-2-6/h5-6,9,11H,1-4H2. The van der Waals surface area contributed by atoms with Crippen LogP contribution in [-0.4, -0.2) is 16.1 Å². The minimum absolute atomic E-state index is 0.0636. The second-order valence-corrected chi connectivity index (χ2v) is 3.99. The van der Waals surface area contributed by atoms with Gasteiger partial charge in [0.2, 0.25) is 0 Å². The van der Waals surface area contributed by atoms with E-state index in [9.17, 15) is 0 Å². The maximum absolute atomic E-state index is 8.77. The highest BCUT2D eigenvalue weighted by Crippen LogP contribution is 2.19. The van der Waals surface area contributed by atoms with E-state index in [1.807, 2.05) is 5.38 Å². The summed E-state index contributed by atoms with van der Waals surface area (Å²) in [6, 6.07) is 0.726. The first-order chi connectivity index (χ1) is 5.88. The fraction of sp³-hybridized carbons (Fsp3) is 0.625. The summed E-state index contributed by atoms with van der Waals surface area (Å²) in [5.41, 5.74) is 1.05. The number of hydrogen-bond acceptors (Lipinski definition) is 4. The zero-order valence-electron chi connectivity index (χ0n) is 6.79. The van der Waals surface area contributed by atoms with Crippen LogP contribution >= 0.6 is 11.3 Å². The number of thiazole rings is 1. The van der Waals surface area contributed by atoms with Crippen molar-refractivity contribution in [3.63, 3.8) is 0 Å². The van der Waals surface area contributed by atoms with Crippen LogP contribution < -0.4 is 5.32 Å². The van der Waals surface area contributed by atoms with Gasteiger partial charge in [-0.3, -0.25) is 0 Å². The van der Waals surface area contributed by atoms with Gasteiger partial charge in [0.15, 0.2) is 0 Å². The molecule has 1 heterocycles. The maximum atomic E-state index is 8.77. The van der Waals surface area contributed by atoms with Gasteiger partial charge in [-0.2, -0.15) is 0 Å². The Morgan fingerprint density at radius 2 is 2.50 bits per heavy atom. The predicted octanol–water partition coefficient (Wildman–Crippen LogP) is 0.887. The molecule has 0 radical (unpaired) electrons. The van der Waals surface area contributed by atoms with Gasteiger partial charge in [-0.15, -0.1) is 11.3 Å². The van der Waals surface area contributed by atoms with Crippen LogP contribution in [-0.2, 0) is 13.2 Å². The summed E-state index contributed by atoms with van der Waals surface area (Å²) in [5, 5.41) is 14.9. The highest BCUT2D eigenvalue weighted by atomic mass is 32.1. The Hall–Kier alpha value is -0.450. The van der Waals surface area contributed by atoms with Gasteiger partial charge in [0.25, 0.3) is 0 Å². The molecule has 0 amide bonds. The van der Waals surface area contributed by atoms with Crippen molar-refractivity contribution in [3.8, 4) is 0 Å². The Labute approximate surface area is 75.5 Å². The van der Waals surface area contributed by atoms with Crippen molar-refractivity contribution in [2.24, 2.45) is 0 Å². The average Bonchev–Trinajstić information content (AvgIpc) is 2.81. The lowest BCUT2D eigenvalue weighted by atomic mass is 10.5. The van der Waals surface area contributed by atoms with Crippen molar-refractivity contribution in [1.82, 2.24) is 10.3 Å². The number of nitrogens with one attached hydrogen (secondary N) is 1. The monoisotopic (exact) mass is 184 g/mol. The normalized spacial score (nSPS) is 16.8. The van der Waals surface area contributed by atoms with Gasteiger partial charge in [0, 0.05) is 18.0 Å². The van der Waals surface area contributed by atoms with Crippen molar-refractivity contribution < 1.29 is 5.11 Å². The van der Waals surface area contributed by atoms with Crippen molar-refractivity contribution in [2.75, 3.05) is 0 Å². The third kappa shape index (κ3) is 2.03. The van der Waals surface area contributed by atoms with E-state index in [1.165, 1.54) is 24.2 Å². The summed E-state index contributed by atoms with van der Waals surface area (Å²) in [6.45, 7) is 0.912. The molecule has 12 heavy (non-hydrogen) atoms. The molecule has 0 bridgehead atoms. The van der Waals surface area contributed by atoms with Crippen molar-refractivity contribution in [3.05, 3.63) is 16.1 Å². The third-order valence-electron chi connectivity index (χ3n) is 1.88. The van der Waals surface area contributed by atoms with E-state index in [-0.39, 0.29) is 6.61 Å². The molecule has 3 nitrogen and oxygen atoms in total. The molecular weight excluding hydrogens is 172 g/mol. The molecule has 1 saturated carbocycles. The van der Waals surface area contributed by atoms with E-state index in [0.717, 1.165) is 23.3 Å². The van der Waals surface area contributed by atoms with E-state index in [4.69, 9.17) is 5.11 Å². The van der Waals surface area contributed by atoms with Crippen molar-refractivity contribution >= 4 is 11.3 Å². The molecule has 0 atom stereocenters. The molecule has 1 aliphatic carbocycles. The number of hydrogen-bond donors (Lipinski definition) is 2. The summed E-state index contributed by atoms with van der Waals surface area (Å²) in [4.78, 5) is 4.23. The van der Waals surface area contributed by atoms with Crippen LogP contribution in [0.2, 0.25) is 0 Å². The van der Waals surface area contributed by atoms with E-state index in [1.54, 1.807) is 0 Å². The second-order valence-electron chi connectivity index (χ2n) is 3.05. The largest absolute Gasteiger partial charge is 0.389 e. The minimum atomic E-state index is 0.0636. The molecule has 2 N–H and O–H groups in total. The van der Waals surface area contributed by atoms with Crippen LogP contribution in [0.5, 0.6) is 0 Å². The molecule has 0 unspecified atom stereocenters. The first-order valence-electron chi connectivity index (χ1n) is 4.16. The molecule has 4 heteroatoms. The number of aliphatic hydroxyl groups excluding tert-OH is 1. The highest BCUT2D eigenvalue weighted by molar-refractivity contribution is 7.09. The first kappa shape index (κ1) is 8.16. The van der Waals surface area contributed by atoms with E-state index in [0.29, 0.717) is 0 Å². The predicted molar refractivity (Wildman–Crippen MR) is 47.9 cm³/mol. The molecule has 0 spiro atoms. The number of aliphatic hydroxyl groups is 1. The summed E-state index contributed by atoms with van der Waals surface area (Å²) in [7, 11) is 0. The summed E-state index contributed by atoms with van der Waals surface area (Å²) in [6.07, 6.45) is 2.61. The molecule has 66 valence electrons. The second kappa shape index (κ2) is 3.51. The lowest BCUT2D eigenvalue weighted by Gasteiger charge is -1.96. The van der Waals surface area contributed by atoms with Gasteiger partial charge in [-0.25, -0.2) is 4.98 Å². The Morgan fingerprint density at radius 1 is 1.67 bits per heavy atom. The van der Waals surface area contributed by atoms with E-state index < -0.39 is 0 Å². The van der Waals surface area contributed by atoms with Gasteiger partial charge in [-0.1, -0.05) is 0 Å². The Morgan fingerprint density at radius 3 is 3.08 bits per heavy atom. The smallest absolute Gasteiger partial charge is 0.118 e. The fourth-order valence-electron chi connectivity index (χ4n) is 1.04. The summed E-state index contributed by atoms with van der Waals surface area (Å²) in [5.74, 6) is 0. The molecular formula is C8H12N2OS. The quantitative estimate of drug-likeness (QED) is 0.730. The number of aromatic nitrogens is 1. The molecule has 1 aromatic heterocycles.